The maximum absolute atomic E-state index is 11.2. The van der Waals surface area contributed by atoms with Gasteiger partial charge in [-0.2, -0.15) is 0 Å². The number of hydrogen-bond donors (Lipinski definition) is 1. The molecule has 2 rings (SSSR count). The number of Topliss-reactive ketones (excluding diaryl/α,β-unsaturated/α-hetero) is 1. The fourth-order valence-corrected chi connectivity index (χ4v) is 1.62. The molecular formula is C14H12O2. The van der Waals surface area contributed by atoms with Crippen molar-refractivity contribution in [1.29, 1.82) is 0 Å². The van der Waals surface area contributed by atoms with E-state index in [2.05, 4.69) is 11.8 Å². The van der Waals surface area contributed by atoms with Crippen LogP contribution in [0.15, 0.2) is 41.7 Å². The van der Waals surface area contributed by atoms with Crippen molar-refractivity contribution in [2.45, 2.75) is 19.3 Å². The number of carbonyl (C=O) groups excluding carboxylic acids is 1. The fraction of sp³-hybridized carbons (Fsp3) is 0.214. The zero-order valence-corrected chi connectivity index (χ0v) is 8.86. The SMILES string of the molecule is O=C1CCCC(C#Cc2ccccc2)=C1O. The van der Waals surface area contributed by atoms with Gasteiger partial charge in [0.2, 0.25) is 0 Å². The van der Waals surface area contributed by atoms with Gasteiger partial charge in [0.1, 0.15) is 0 Å². The van der Waals surface area contributed by atoms with Crippen LogP contribution in [0.1, 0.15) is 24.8 Å². The van der Waals surface area contributed by atoms with Crippen molar-refractivity contribution in [2.75, 3.05) is 0 Å². The fourth-order valence-electron chi connectivity index (χ4n) is 1.62. The molecule has 80 valence electrons. The van der Waals surface area contributed by atoms with Gasteiger partial charge in [0, 0.05) is 17.6 Å². The minimum Gasteiger partial charge on any atom is -0.504 e. The lowest BCUT2D eigenvalue weighted by Gasteiger charge is -2.09. The molecule has 0 saturated heterocycles. The summed E-state index contributed by atoms with van der Waals surface area (Å²) in [6.45, 7) is 0. The van der Waals surface area contributed by atoms with Gasteiger partial charge in [-0.3, -0.25) is 4.79 Å². The topological polar surface area (TPSA) is 37.3 Å². The van der Waals surface area contributed by atoms with Gasteiger partial charge in [0.25, 0.3) is 0 Å². The number of benzene rings is 1. The van der Waals surface area contributed by atoms with Crippen LogP contribution in [0.5, 0.6) is 0 Å². The Morgan fingerprint density at radius 3 is 2.56 bits per heavy atom. The molecule has 0 spiro atoms. The van der Waals surface area contributed by atoms with E-state index in [0.717, 1.165) is 12.0 Å². The van der Waals surface area contributed by atoms with Crippen LogP contribution in [0, 0.1) is 11.8 Å². The molecule has 0 bridgehead atoms. The molecule has 2 nitrogen and oxygen atoms in total. The van der Waals surface area contributed by atoms with Crippen LogP contribution in [0.3, 0.4) is 0 Å². The van der Waals surface area contributed by atoms with Crippen molar-refractivity contribution >= 4 is 5.78 Å². The van der Waals surface area contributed by atoms with Gasteiger partial charge < -0.3 is 5.11 Å². The summed E-state index contributed by atoms with van der Waals surface area (Å²) in [6.07, 6.45) is 1.90. The standard InChI is InChI=1S/C14H12O2/c15-13-8-4-7-12(14(13)16)10-9-11-5-2-1-3-6-11/h1-3,5-6,16H,4,7-8H2. The zero-order valence-electron chi connectivity index (χ0n) is 8.86. The summed E-state index contributed by atoms with van der Waals surface area (Å²) < 4.78 is 0. The van der Waals surface area contributed by atoms with Crippen LogP contribution >= 0.6 is 0 Å². The van der Waals surface area contributed by atoms with E-state index in [1.807, 2.05) is 30.3 Å². The number of allylic oxidation sites excluding steroid dienone is 2. The Morgan fingerprint density at radius 2 is 1.81 bits per heavy atom. The summed E-state index contributed by atoms with van der Waals surface area (Å²) in [4.78, 5) is 11.2. The monoisotopic (exact) mass is 212 g/mol. The number of rotatable bonds is 0. The van der Waals surface area contributed by atoms with E-state index in [-0.39, 0.29) is 11.5 Å². The van der Waals surface area contributed by atoms with Crippen molar-refractivity contribution in [3.05, 3.63) is 47.2 Å². The van der Waals surface area contributed by atoms with E-state index in [9.17, 15) is 9.90 Å². The van der Waals surface area contributed by atoms with Crippen LogP contribution in [0.25, 0.3) is 0 Å². The maximum atomic E-state index is 11.2. The Hall–Kier alpha value is -2.01. The number of ketones is 1. The molecule has 2 heteroatoms. The summed E-state index contributed by atoms with van der Waals surface area (Å²) in [6, 6.07) is 9.53. The molecule has 0 aliphatic heterocycles. The molecule has 0 unspecified atom stereocenters. The van der Waals surface area contributed by atoms with Crippen molar-refractivity contribution in [2.24, 2.45) is 0 Å². The first-order valence-corrected chi connectivity index (χ1v) is 5.30. The quantitative estimate of drug-likeness (QED) is 0.671. The van der Waals surface area contributed by atoms with E-state index in [0.29, 0.717) is 18.4 Å². The lowest BCUT2D eigenvalue weighted by atomic mass is 9.97. The molecule has 0 amide bonds. The summed E-state index contributed by atoms with van der Waals surface area (Å²) >= 11 is 0. The van der Waals surface area contributed by atoms with Gasteiger partial charge >= 0.3 is 0 Å². The second-order valence-corrected chi connectivity index (χ2v) is 3.72. The molecule has 1 aromatic rings. The molecule has 0 aromatic heterocycles. The second-order valence-electron chi connectivity index (χ2n) is 3.72. The third kappa shape index (κ3) is 2.32. The number of aliphatic hydroxyl groups excluding tert-OH is 1. The average Bonchev–Trinajstić information content (AvgIpc) is 2.32. The number of carbonyl (C=O) groups is 1. The lowest BCUT2D eigenvalue weighted by molar-refractivity contribution is -0.118. The van der Waals surface area contributed by atoms with Crippen LogP contribution < -0.4 is 0 Å². The maximum Gasteiger partial charge on any atom is 0.198 e. The lowest BCUT2D eigenvalue weighted by Crippen LogP contribution is -2.10. The molecule has 0 fully saturated rings. The third-order valence-corrected chi connectivity index (χ3v) is 2.51. The summed E-state index contributed by atoms with van der Waals surface area (Å²) in [5.41, 5.74) is 1.46. The minimum atomic E-state index is -0.191. The van der Waals surface area contributed by atoms with Gasteiger partial charge in [0.15, 0.2) is 11.5 Å². The second kappa shape index (κ2) is 4.67. The first-order chi connectivity index (χ1) is 7.77. The van der Waals surface area contributed by atoms with E-state index < -0.39 is 0 Å². The molecule has 0 atom stereocenters. The highest BCUT2D eigenvalue weighted by Gasteiger charge is 2.17. The average molecular weight is 212 g/mol. The van der Waals surface area contributed by atoms with Crippen molar-refractivity contribution in [3.63, 3.8) is 0 Å². The first kappa shape index (κ1) is 10.5. The Kier molecular flexibility index (Phi) is 3.07. The van der Waals surface area contributed by atoms with Gasteiger partial charge in [-0.05, 0) is 25.0 Å². The van der Waals surface area contributed by atoms with Crippen LogP contribution in [-0.4, -0.2) is 10.9 Å². The number of aliphatic hydroxyl groups is 1. The molecule has 0 heterocycles. The minimum absolute atomic E-state index is 0.144. The van der Waals surface area contributed by atoms with Crippen LogP contribution in [-0.2, 0) is 4.79 Å². The molecular weight excluding hydrogens is 200 g/mol. The Balaban J connectivity index is 2.25. The normalized spacial score (nSPS) is 15.6. The van der Waals surface area contributed by atoms with Crippen LogP contribution in [0.4, 0.5) is 0 Å². The molecule has 1 aliphatic rings. The summed E-state index contributed by atoms with van der Waals surface area (Å²) in [5.74, 6) is 5.49. The smallest absolute Gasteiger partial charge is 0.198 e. The predicted molar refractivity (Wildman–Crippen MR) is 61.8 cm³/mol. The first-order valence-electron chi connectivity index (χ1n) is 5.30. The molecule has 16 heavy (non-hydrogen) atoms. The highest BCUT2D eigenvalue weighted by atomic mass is 16.3. The largest absolute Gasteiger partial charge is 0.504 e. The van der Waals surface area contributed by atoms with Gasteiger partial charge in [0.05, 0.1) is 0 Å². The Labute approximate surface area is 94.6 Å². The third-order valence-electron chi connectivity index (χ3n) is 2.51. The van der Waals surface area contributed by atoms with Gasteiger partial charge in [-0.15, -0.1) is 0 Å². The molecule has 1 aromatic carbocycles. The Morgan fingerprint density at radius 1 is 1.06 bits per heavy atom. The highest BCUT2D eigenvalue weighted by molar-refractivity contribution is 5.95. The van der Waals surface area contributed by atoms with Crippen molar-refractivity contribution in [1.82, 2.24) is 0 Å². The molecule has 1 N–H and O–H groups in total. The van der Waals surface area contributed by atoms with Gasteiger partial charge in [-0.25, -0.2) is 0 Å². The molecule has 1 aliphatic carbocycles. The molecule has 0 radical (unpaired) electrons. The van der Waals surface area contributed by atoms with Gasteiger partial charge in [-0.1, -0.05) is 30.0 Å². The predicted octanol–water partition coefficient (Wildman–Crippen LogP) is 2.60. The molecule has 0 saturated carbocycles. The van der Waals surface area contributed by atoms with Crippen LogP contribution in [0.2, 0.25) is 0 Å². The van der Waals surface area contributed by atoms with E-state index >= 15 is 0 Å². The summed E-state index contributed by atoms with van der Waals surface area (Å²) in [5, 5.41) is 9.54. The summed E-state index contributed by atoms with van der Waals surface area (Å²) in [7, 11) is 0. The van der Waals surface area contributed by atoms with Crippen molar-refractivity contribution in [3.8, 4) is 11.8 Å². The van der Waals surface area contributed by atoms with E-state index in [1.54, 1.807) is 0 Å². The van der Waals surface area contributed by atoms with Crippen molar-refractivity contribution < 1.29 is 9.90 Å². The number of hydrogen-bond acceptors (Lipinski definition) is 2. The highest BCUT2D eigenvalue weighted by Crippen LogP contribution is 2.19. The zero-order chi connectivity index (χ0) is 11.4. The van der Waals surface area contributed by atoms with E-state index in [4.69, 9.17) is 0 Å². The Bertz CT molecular complexity index is 486. The van der Waals surface area contributed by atoms with E-state index in [1.165, 1.54) is 0 Å².